The lowest BCUT2D eigenvalue weighted by Crippen LogP contribution is -2.15. The van der Waals surface area contributed by atoms with Crippen LogP contribution in [-0.4, -0.2) is 16.8 Å². The van der Waals surface area contributed by atoms with Crippen molar-refractivity contribution in [2.75, 3.05) is 5.75 Å². The summed E-state index contributed by atoms with van der Waals surface area (Å²) in [7, 11) is 0. The topological polar surface area (TPSA) is 38.9 Å². The van der Waals surface area contributed by atoms with Gasteiger partial charge in [0.15, 0.2) is 4.47 Å². The van der Waals surface area contributed by atoms with Gasteiger partial charge >= 0.3 is 0 Å². The zero-order valence-electron chi connectivity index (χ0n) is 7.50. The Morgan fingerprint density at radius 3 is 3.08 bits per heavy atom. The van der Waals surface area contributed by atoms with Crippen molar-refractivity contribution in [2.45, 2.75) is 25.1 Å². The Balaban J connectivity index is 2.13. The summed E-state index contributed by atoms with van der Waals surface area (Å²) in [5.41, 5.74) is 5.63. The van der Waals surface area contributed by atoms with Gasteiger partial charge in [-0.2, -0.15) is 11.8 Å². The average Bonchev–Trinajstić information content (AvgIpc) is 2.45. The van der Waals surface area contributed by atoms with Crippen LogP contribution in [0.1, 0.15) is 18.2 Å². The monoisotopic (exact) mass is 236 g/mol. The van der Waals surface area contributed by atoms with Crippen LogP contribution in [-0.2, 0) is 5.75 Å². The van der Waals surface area contributed by atoms with Crippen molar-refractivity contribution in [3.8, 4) is 0 Å². The fraction of sp³-hybridized carbons (Fsp3) is 0.625. The molecule has 13 heavy (non-hydrogen) atoms. The van der Waals surface area contributed by atoms with Crippen LogP contribution >= 0.6 is 34.7 Å². The Morgan fingerprint density at radius 1 is 1.77 bits per heavy atom. The minimum atomic E-state index is 0.303. The first-order valence-electron chi connectivity index (χ1n) is 4.12. The van der Waals surface area contributed by atoms with Crippen LogP contribution in [0.25, 0.3) is 0 Å². The molecule has 0 saturated carbocycles. The van der Waals surface area contributed by atoms with Crippen LogP contribution in [0.3, 0.4) is 0 Å². The number of aromatic nitrogens is 1. The molecule has 1 rings (SSSR count). The summed E-state index contributed by atoms with van der Waals surface area (Å²) in [6.45, 7) is 2.03. The quantitative estimate of drug-likeness (QED) is 0.800. The van der Waals surface area contributed by atoms with E-state index in [0.717, 1.165) is 17.9 Å². The van der Waals surface area contributed by atoms with Gasteiger partial charge in [-0.3, -0.25) is 0 Å². The third kappa shape index (κ3) is 4.86. The molecule has 1 unspecified atom stereocenters. The molecule has 1 atom stereocenters. The third-order valence-corrected chi connectivity index (χ3v) is 3.82. The van der Waals surface area contributed by atoms with Gasteiger partial charge in [-0.05, 0) is 19.1 Å². The van der Waals surface area contributed by atoms with Gasteiger partial charge < -0.3 is 5.73 Å². The van der Waals surface area contributed by atoms with Crippen LogP contribution in [0.15, 0.2) is 6.20 Å². The number of halogens is 1. The summed E-state index contributed by atoms with van der Waals surface area (Å²) < 4.78 is 0.628. The van der Waals surface area contributed by atoms with Crippen molar-refractivity contribution in [1.29, 1.82) is 0 Å². The maximum atomic E-state index is 5.70. The molecule has 0 aliphatic rings. The van der Waals surface area contributed by atoms with E-state index in [1.54, 1.807) is 11.3 Å². The Kier molecular flexibility index (Phi) is 5.09. The van der Waals surface area contributed by atoms with Crippen molar-refractivity contribution >= 4 is 34.7 Å². The minimum Gasteiger partial charge on any atom is -0.328 e. The number of nitrogens with zero attached hydrogens (tertiary/aromatic N) is 1. The van der Waals surface area contributed by atoms with Crippen LogP contribution < -0.4 is 5.73 Å². The molecule has 0 fully saturated rings. The molecule has 2 N–H and O–H groups in total. The highest BCUT2D eigenvalue weighted by molar-refractivity contribution is 7.98. The maximum absolute atomic E-state index is 5.70. The first kappa shape index (κ1) is 11.3. The van der Waals surface area contributed by atoms with E-state index < -0.39 is 0 Å². The molecule has 0 radical (unpaired) electrons. The van der Waals surface area contributed by atoms with E-state index >= 15 is 0 Å². The van der Waals surface area contributed by atoms with Crippen LogP contribution in [0.4, 0.5) is 0 Å². The molecule has 1 aromatic heterocycles. The Bertz CT molecular complexity index is 250. The molecule has 0 saturated heterocycles. The van der Waals surface area contributed by atoms with Gasteiger partial charge in [0.25, 0.3) is 0 Å². The van der Waals surface area contributed by atoms with Crippen molar-refractivity contribution in [1.82, 2.24) is 4.98 Å². The second-order valence-electron chi connectivity index (χ2n) is 2.90. The van der Waals surface area contributed by atoms with Gasteiger partial charge in [-0.15, -0.1) is 11.3 Å². The molecule has 2 nitrogen and oxygen atoms in total. The number of thioether (sulfide) groups is 1. The second-order valence-corrected chi connectivity index (χ2v) is 5.70. The van der Waals surface area contributed by atoms with Crippen molar-refractivity contribution < 1.29 is 0 Å². The Hall–Kier alpha value is 0.230. The molecule has 0 bridgehead atoms. The van der Waals surface area contributed by atoms with E-state index in [0.29, 0.717) is 10.5 Å². The van der Waals surface area contributed by atoms with E-state index in [2.05, 4.69) is 4.98 Å². The molecule has 0 aromatic carbocycles. The minimum absolute atomic E-state index is 0.303. The first-order chi connectivity index (χ1) is 6.18. The first-order valence-corrected chi connectivity index (χ1v) is 6.47. The summed E-state index contributed by atoms with van der Waals surface area (Å²) in [5, 5.41) is 0. The molecule has 0 aliphatic carbocycles. The predicted octanol–water partition coefficient (Wildman–Crippen LogP) is 2.77. The Morgan fingerprint density at radius 2 is 2.54 bits per heavy atom. The molecule has 0 aliphatic heterocycles. The highest BCUT2D eigenvalue weighted by atomic mass is 35.5. The number of rotatable bonds is 5. The lowest BCUT2D eigenvalue weighted by atomic mass is 10.3. The predicted molar refractivity (Wildman–Crippen MR) is 61.6 cm³/mol. The van der Waals surface area contributed by atoms with E-state index in [4.69, 9.17) is 17.3 Å². The number of hydrogen-bond acceptors (Lipinski definition) is 4. The van der Waals surface area contributed by atoms with Gasteiger partial charge in [0.2, 0.25) is 0 Å². The summed E-state index contributed by atoms with van der Waals surface area (Å²) in [6.07, 6.45) is 2.91. The van der Waals surface area contributed by atoms with E-state index in [1.165, 1.54) is 4.88 Å². The van der Waals surface area contributed by atoms with Gasteiger partial charge in [0, 0.05) is 22.9 Å². The molecular weight excluding hydrogens is 224 g/mol. The Labute approximate surface area is 91.9 Å². The van der Waals surface area contributed by atoms with Crippen molar-refractivity contribution in [2.24, 2.45) is 5.73 Å². The van der Waals surface area contributed by atoms with E-state index in [1.807, 2.05) is 24.9 Å². The summed E-state index contributed by atoms with van der Waals surface area (Å²) in [6, 6.07) is 0.303. The second kappa shape index (κ2) is 5.86. The zero-order chi connectivity index (χ0) is 9.68. The highest BCUT2D eigenvalue weighted by Crippen LogP contribution is 2.22. The highest BCUT2D eigenvalue weighted by Gasteiger charge is 2.00. The van der Waals surface area contributed by atoms with Gasteiger partial charge in [-0.25, -0.2) is 4.98 Å². The fourth-order valence-corrected chi connectivity index (χ4v) is 3.01. The lowest BCUT2D eigenvalue weighted by Gasteiger charge is -2.02. The molecule has 5 heteroatoms. The average molecular weight is 237 g/mol. The third-order valence-electron chi connectivity index (χ3n) is 1.49. The van der Waals surface area contributed by atoms with Crippen LogP contribution in [0.2, 0.25) is 4.47 Å². The largest absolute Gasteiger partial charge is 0.328 e. The smallest absolute Gasteiger partial charge is 0.183 e. The van der Waals surface area contributed by atoms with Crippen LogP contribution in [0, 0.1) is 0 Å². The molecule has 1 aromatic rings. The lowest BCUT2D eigenvalue weighted by molar-refractivity contribution is 0.721. The zero-order valence-corrected chi connectivity index (χ0v) is 9.88. The van der Waals surface area contributed by atoms with E-state index in [9.17, 15) is 0 Å². The van der Waals surface area contributed by atoms with Gasteiger partial charge in [0.1, 0.15) is 0 Å². The van der Waals surface area contributed by atoms with Crippen LogP contribution in [0.5, 0.6) is 0 Å². The fourth-order valence-electron chi connectivity index (χ4n) is 0.792. The maximum Gasteiger partial charge on any atom is 0.183 e. The summed E-state index contributed by atoms with van der Waals surface area (Å²) >= 11 is 9.13. The number of hydrogen-bond donors (Lipinski definition) is 1. The molecule has 0 amide bonds. The normalized spacial score (nSPS) is 13.2. The van der Waals surface area contributed by atoms with Crippen molar-refractivity contribution in [3.63, 3.8) is 0 Å². The standard InChI is InChI=1S/C8H13ClN2S2/c1-6(10)2-3-12-5-7-4-11-8(9)13-7/h4,6H,2-3,5,10H2,1H3. The summed E-state index contributed by atoms with van der Waals surface area (Å²) in [5.74, 6) is 2.10. The molecule has 74 valence electrons. The summed E-state index contributed by atoms with van der Waals surface area (Å²) in [4.78, 5) is 5.21. The van der Waals surface area contributed by atoms with Gasteiger partial charge in [-0.1, -0.05) is 11.6 Å². The van der Waals surface area contributed by atoms with Gasteiger partial charge in [0.05, 0.1) is 0 Å². The number of thiazole rings is 1. The SMILES string of the molecule is CC(N)CCSCc1cnc(Cl)s1. The number of nitrogens with two attached hydrogens (primary N) is 1. The molecule has 1 heterocycles. The van der Waals surface area contributed by atoms with Crippen molar-refractivity contribution in [3.05, 3.63) is 15.5 Å². The van der Waals surface area contributed by atoms with E-state index in [-0.39, 0.29) is 0 Å². The molecule has 0 spiro atoms. The molecular formula is C8H13ClN2S2.